The number of carbonyl (C=O) groups excluding carboxylic acids is 4. The summed E-state index contributed by atoms with van der Waals surface area (Å²) in [6.45, 7) is 13.9. The molecule has 0 bridgehead atoms. The molecule has 0 fully saturated rings. The van der Waals surface area contributed by atoms with Crippen LogP contribution in [0.3, 0.4) is 0 Å². The Kier molecular flexibility index (Phi) is 18.3. The van der Waals surface area contributed by atoms with E-state index in [4.69, 9.17) is 9.90 Å². The van der Waals surface area contributed by atoms with E-state index in [-0.39, 0.29) is 23.1 Å². The second-order valence-corrected chi connectivity index (χ2v) is 12.3. The largest absolute Gasteiger partial charge is 0.550 e. The number of carbonyl (C=O) groups is 4. The average Bonchev–Trinajstić information content (AvgIpc) is 3.13. The predicted molar refractivity (Wildman–Crippen MR) is 174 cm³/mol. The van der Waals surface area contributed by atoms with Crippen molar-refractivity contribution in [1.29, 1.82) is 0 Å². The van der Waals surface area contributed by atoms with Gasteiger partial charge in [0, 0.05) is 37.3 Å². The predicted octanol–water partition coefficient (Wildman–Crippen LogP) is 3.57. The first kappa shape index (κ1) is 38.8. The summed E-state index contributed by atoms with van der Waals surface area (Å²) in [6.07, 6.45) is 16.2. The third-order valence-corrected chi connectivity index (χ3v) is 9.03. The monoisotopic (exact) mass is 614 g/mol. The van der Waals surface area contributed by atoms with Crippen LogP contribution in [-0.2, 0) is 19.2 Å². The van der Waals surface area contributed by atoms with Crippen molar-refractivity contribution in [2.24, 2.45) is 5.41 Å². The summed E-state index contributed by atoms with van der Waals surface area (Å²) in [5.74, 6) is -1.18. The van der Waals surface area contributed by atoms with Gasteiger partial charge < -0.3 is 31.6 Å². The van der Waals surface area contributed by atoms with Crippen LogP contribution < -0.4 is 26.8 Å². The van der Waals surface area contributed by atoms with Crippen molar-refractivity contribution in [1.82, 2.24) is 16.0 Å². The van der Waals surface area contributed by atoms with Crippen LogP contribution in [0, 0.1) is 5.41 Å². The summed E-state index contributed by atoms with van der Waals surface area (Å²) in [7, 11) is 0. The number of nitrogens with one attached hydrogen (secondary N) is 3. The molecule has 0 spiro atoms. The van der Waals surface area contributed by atoms with Gasteiger partial charge in [-0.25, -0.2) is 0 Å². The Balaban J connectivity index is 0.00000227. The van der Waals surface area contributed by atoms with E-state index in [1.165, 1.54) is 27.9 Å². The molecule has 2 aliphatic rings. The molecule has 44 heavy (non-hydrogen) atoms. The molecule has 0 heterocycles. The Bertz CT molecular complexity index is 1070. The molecule has 0 saturated carbocycles. The van der Waals surface area contributed by atoms with E-state index in [9.17, 15) is 14.4 Å². The summed E-state index contributed by atoms with van der Waals surface area (Å²) < 4.78 is 0. The lowest BCUT2D eigenvalue weighted by Crippen LogP contribution is -2.50. The van der Waals surface area contributed by atoms with E-state index >= 15 is 0 Å². The average molecular weight is 615 g/mol. The molecule has 248 valence electrons. The van der Waals surface area contributed by atoms with Crippen molar-refractivity contribution < 1.29 is 30.0 Å². The molecule has 0 unspecified atom stereocenters. The first-order valence-corrected chi connectivity index (χ1v) is 16.4. The summed E-state index contributed by atoms with van der Waals surface area (Å²) in [5.41, 5.74) is 10.4. The van der Waals surface area contributed by atoms with E-state index in [1.807, 2.05) is 0 Å². The standard InChI is InChI=1S/C33H54N4O3.C2H4O2/c1-24-25(2)27(4)33(5,26(24)3)20-18-31(39)37-29(16-11-12-21-34)32(40)36-22-13-7-10-17-30(38)35-23-19-28-14-8-6-9-15-28;1-2(3)4/h8,14-15,29H,6-7,9-13,16-23,34H2,1-5H3,(H,35,38)(H,36,40)(H,37,39);1H3,(H,3,4)/t29-;/m0./s1. The van der Waals surface area contributed by atoms with Gasteiger partial charge in [0.15, 0.2) is 0 Å². The van der Waals surface area contributed by atoms with E-state index in [0.29, 0.717) is 32.4 Å². The number of carboxylic acid groups (broad SMARTS) is 1. The lowest BCUT2D eigenvalue weighted by molar-refractivity contribution is -0.368. The highest BCUT2D eigenvalue weighted by Gasteiger charge is 2.36. The fourth-order valence-corrected chi connectivity index (χ4v) is 5.68. The zero-order valence-corrected chi connectivity index (χ0v) is 28.2. The van der Waals surface area contributed by atoms with E-state index in [2.05, 4.69) is 74.5 Å². The SMILES string of the molecule is CC(=O)[O-].CC1=C(C)C(C)(CCC(=O)N[C@@H](CCCC[NH3+])C(=O)NCCCCCC(=O)NCCC2=CCCC=C2)C(C)=C1C. The number of amides is 3. The minimum Gasteiger partial charge on any atom is -0.550 e. The summed E-state index contributed by atoms with van der Waals surface area (Å²) >= 11 is 0. The van der Waals surface area contributed by atoms with Gasteiger partial charge in [-0.1, -0.05) is 48.3 Å². The Labute approximate surface area is 265 Å². The lowest BCUT2D eigenvalue weighted by Gasteiger charge is -2.29. The second-order valence-electron chi connectivity index (χ2n) is 12.3. The van der Waals surface area contributed by atoms with Gasteiger partial charge in [0.1, 0.15) is 6.04 Å². The van der Waals surface area contributed by atoms with Gasteiger partial charge in [-0.3, -0.25) is 14.4 Å². The van der Waals surface area contributed by atoms with E-state index < -0.39 is 12.0 Å². The molecule has 0 aliphatic heterocycles. The molecule has 2 aliphatic carbocycles. The zero-order chi connectivity index (χ0) is 33.1. The third kappa shape index (κ3) is 14.1. The van der Waals surface area contributed by atoms with Crippen LogP contribution in [0.1, 0.15) is 119 Å². The molecule has 0 radical (unpaired) electrons. The fourth-order valence-electron chi connectivity index (χ4n) is 5.68. The number of unbranched alkanes of at least 4 members (excludes halogenated alkanes) is 3. The number of rotatable bonds is 18. The lowest BCUT2D eigenvalue weighted by atomic mass is 9.75. The Morgan fingerprint density at radius 1 is 0.886 bits per heavy atom. The molecule has 0 aromatic heterocycles. The second kappa shape index (κ2) is 20.7. The molecule has 3 amide bonds. The van der Waals surface area contributed by atoms with Crippen molar-refractivity contribution >= 4 is 23.7 Å². The van der Waals surface area contributed by atoms with Gasteiger partial charge in [0.25, 0.3) is 0 Å². The van der Waals surface area contributed by atoms with E-state index in [1.54, 1.807) is 0 Å². The highest BCUT2D eigenvalue weighted by Crippen LogP contribution is 2.49. The fraction of sp³-hybridized carbons (Fsp3) is 0.657. The van der Waals surface area contributed by atoms with Crippen LogP contribution in [0.5, 0.6) is 0 Å². The van der Waals surface area contributed by atoms with Crippen molar-refractivity contribution in [3.8, 4) is 0 Å². The molecule has 1 atom stereocenters. The quantitative estimate of drug-likeness (QED) is 0.174. The maximum absolute atomic E-state index is 12.9. The van der Waals surface area contributed by atoms with Crippen molar-refractivity contribution in [3.05, 3.63) is 46.1 Å². The van der Waals surface area contributed by atoms with Gasteiger partial charge in [0.05, 0.1) is 6.54 Å². The smallest absolute Gasteiger partial charge is 0.242 e. The van der Waals surface area contributed by atoms with Gasteiger partial charge in [-0.15, -0.1) is 0 Å². The molecular formula is C35H58N4O5. The molecular weight excluding hydrogens is 556 g/mol. The molecule has 9 heteroatoms. The number of aliphatic carboxylic acids is 1. The molecule has 6 N–H and O–H groups in total. The van der Waals surface area contributed by atoms with Crippen molar-refractivity contribution in [2.75, 3.05) is 19.6 Å². The normalized spacial score (nSPS) is 16.1. The number of carboxylic acids is 1. The number of quaternary nitrogens is 1. The highest BCUT2D eigenvalue weighted by molar-refractivity contribution is 5.87. The van der Waals surface area contributed by atoms with Crippen LogP contribution in [0.15, 0.2) is 46.1 Å². The Morgan fingerprint density at radius 2 is 1.55 bits per heavy atom. The molecule has 0 aromatic carbocycles. The van der Waals surface area contributed by atoms with E-state index in [0.717, 1.165) is 71.3 Å². The number of hydrogen-bond donors (Lipinski definition) is 4. The maximum atomic E-state index is 12.9. The minimum absolute atomic E-state index is 0.0689. The third-order valence-electron chi connectivity index (χ3n) is 9.03. The molecule has 9 nitrogen and oxygen atoms in total. The summed E-state index contributed by atoms with van der Waals surface area (Å²) in [6, 6.07) is -0.521. The number of allylic oxidation sites excluding steroid dienone is 7. The number of hydrogen-bond acceptors (Lipinski definition) is 5. The van der Waals surface area contributed by atoms with Crippen LogP contribution in [0.25, 0.3) is 0 Å². The van der Waals surface area contributed by atoms with Crippen LogP contribution in [-0.4, -0.2) is 49.4 Å². The highest BCUT2D eigenvalue weighted by atomic mass is 16.4. The topological polar surface area (TPSA) is 155 Å². The van der Waals surface area contributed by atoms with Gasteiger partial charge in [-0.05, 0) is 104 Å². The first-order valence-electron chi connectivity index (χ1n) is 16.4. The molecule has 0 saturated heterocycles. The molecule has 2 rings (SSSR count). The van der Waals surface area contributed by atoms with Gasteiger partial charge in [-0.2, -0.15) is 0 Å². The minimum atomic E-state index is -1.08. The van der Waals surface area contributed by atoms with Crippen LogP contribution >= 0.6 is 0 Å². The summed E-state index contributed by atoms with van der Waals surface area (Å²) in [5, 5.41) is 17.9. The van der Waals surface area contributed by atoms with Crippen LogP contribution in [0.2, 0.25) is 0 Å². The Morgan fingerprint density at radius 3 is 2.14 bits per heavy atom. The molecule has 0 aromatic rings. The summed E-state index contributed by atoms with van der Waals surface area (Å²) in [4.78, 5) is 46.9. The first-order chi connectivity index (χ1) is 20.8. The Hall–Kier alpha value is -3.20. The van der Waals surface area contributed by atoms with Crippen molar-refractivity contribution in [2.45, 2.75) is 125 Å². The van der Waals surface area contributed by atoms with Gasteiger partial charge >= 0.3 is 0 Å². The van der Waals surface area contributed by atoms with Crippen LogP contribution in [0.4, 0.5) is 0 Å². The maximum Gasteiger partial charge on any atom is 0.242 e. The zero-order valence-electron chi connectivity index (χ0n) is 28.2. The van der Waals surface area contributed by atoms with Gasteiger partial charge in [0.2, 0.25) is 17.7 Å². The van der Waals surface area contributed by atoms with Crippen molar-refractivity contribution in [3.63, 3.8) is 0 Å².